The highest BCUT2D eigenvalue weighted by Crippen LogP contribution is 2.26. The van der Waals surface area contributed by atoms with E-state index in [1.54, 1.807) is 36.4 Å². The van der Waals surface area contributed by atoms with Crippen LogP contribution in [0.1, 0.15) is 13.3 Å². The summed E-state index contributed by atoms with van der Waals surface area (Å²) < 4.78 is 18.6. The van der Waals surface area contributed by atoms with Gasteiger partial charge < -0.3 is 10.1 Å². The summed E-state index contributed by atoms with van der Waals surface area (Å²) in [5.41, 5.74) is 0.965. The van der Waals surface area contributed by atoms with E-state index in [4.69, 9.17) is 4.74 Å². The Balaban J connectivity index is 1.76. The molecule has 124 valence electrons. The van der Waals surface area contributed by atoms with Crippen LogP contribution < -0.4 is 15.0 Å². The van der Waals surface area contributed by atoms with Gasteiger partial charge in [-0.1, -0.05) is 6.07 Å². The van der Waals surface area contributed by atoms with Crippen molar-refractivity contribution in [1.82, 2.24) is 0 Å². The fraction of sp³-hybridized carbons (Fsp3) is 0.222. The Labute approximate surface area is 139 Å². The van der Waals surface area contributed by atoms with Gasteiger partial charge in [0.25, 0.3) is 5.91 Å². The molecule has 0 unspecified atom stereocenters. The Kier molecular flexibility index (Phi) is 4.46. The van der Waals surface area contributed by atoms with E-state index in [1.807, 2.05) is 6.92 Å². The van der Waals surface area contributed by atoms with Gasteiger partial charge in [0.2, 0.25) is 5.91 Å². The highest BCUT2D eigenvalue weighted by Gasteiger charge is 2.39. The maximum Gasteiger partial charge on any atom is 0.256 e. The number of nitrogens with one attached hydrogen (secondary N) is 1. The van der Waals surface area contributed by atoms with Crippen molar-refractivity contribution in [3.05, 3.63) is 54.3 Å². The lowest BCUT2D eigenvalue weighted by molar-refractivity contribution is -0.121. The third-order valence-corrected chi connectivity index (χ3v) is 3.72. The summed E-state index contributed by atoms with van der Waals surface area (Å²) in [4.78, 5) is 25.9. The molecule has 1 aliphatic rings. The highest BCUT2D eigenvalue weighted by molar-refractivity contribution is 6.23. The van der Waals surface area contributed by atoms with Crippen LogP contribution in [-0.4, -0.2) is 24.5 Å². The van der Waals surface area contributed by atoms with Crippen molar-refractivity contribution in [2.24, 2.45) is 0 Å². The van der Waals surface area contributed by atoms with Crippen LogP contribution in [0, 0.1) is 5.82 Å². The summed E-state index contributed by atoms with van der Waals surface area (Å²) in [7, 11) is 0. The van der Waals surface area contributed by atoms with Crippen molar-refractivity contribution in [1.29, 1.82) is 0 Å². The molecule has 6 heteroatoms. The molecular weight excluding hydrogens is 311 g/mol. The molecule has 0 saturated carbocycles. The van der Waals surface area contributed by atoms with Crippen molar-refractivity contribution >= 4 is 23.2 Å². The van der Waals surface area contributed by atoms with Crippen LogP contribution in [0.15, 0.2) is 48.5 Å². The highest BCUT2D eigenvalue weighted by atomic mass is 19.1. The molecule has 1 atom stereocenters. The molecule has 1 heterocycles. The Morgan fingerprint density at radius 2 is 1.96 bits per heavy atom. The zero-order valence-corrected chi connectivity index (χ0v) is 13.2. The second-order valence-electron chi connectivity index (χ2n) is 5.41. The first kappa shape index (κ1) is 16.0. The van der Waals surface area contributed by atoms with E-state index in [9.17, 15) is 14.0 Å². The third kappa shape index (κ3) is 3.22. The zero-order valence-electron chi connectivity index (χ0n) is 13.2. The standard InChI is InChI=1S/C18H17FN2O3/c1-2-24-15-8-6-14(7-9-15)21-17(22)11-16(18(21)23)20-13-5-3-4-12(19)10-13/h3-10,16,20H,2,11H2,1H3/t16-/m0/s1. The minimum Gasteiger partial charge on any atom is -0.494 e. The van der Waals surface area contributed by atoms with Crippen molar-refractivity contribution in [3.8, 4) is 5.75 Å². The summed E-state index contributed by atoms with van der Waals surface area (Å²) in [6.45, 7) is 2.42. The van der Waals surface area contributed by atoms with Crippen molar-refractivity contribution < 1.29 is 18.7 Å². The monoisotopic (exact) mass is 328 g/mol. The van der Waals surface area contributed by atoms with Gasteiger partial charge in [-0.2, -0.15) is 0 Å². The van der Waals surface area contributed by atoms with Crippen LogP contribution in [0.5, 0.6) is 5.75 Å². The molecule has 1 aliphatic heterocycles. The van der Waals surface area contributed by atoms with E-state index >= 15 is 0 Å². The number of benzene rings is 2. The third-order valence-electron chi connectivity index (χ3n) is 3.72. The first-order valence-electron chi connectivity index (χ1n) is 7.70. The summed E-state index contributed by atoms with van der Waals surface area (Å²) in [5, 5.41) is 2.92. The molecule has 3 rings (SSSR count). The van der Waals surface area contributed by atoms with Crippen molar-refractivity contribution in [3.63, 3.8) is 0 Å². The van der Waals surface area contributed by atoms with Crippen molar-refractivity contribution in [2.75, 3.05) is 16.8 Å². The molecule has 1 fully saturated rings. The molecule has 2 aromatic rings. The van der Waals surface area contributed by atoms with Crippen LogP contribution >= 0.6 is 0 Å². The van der Waals surface area contributed by atoms with Crippen LogP contribution in [0.3, 0.4) is 0 Å². The van der Waals surface area contributed by atoms with Gasteiger partial charge in [-0.05, 0) is 49.4 Å². The van der Waals surface area contributed by atoms with Gasteiger partial charge in [0.15, 0.2) is 0 Å². The summed E-state index contributed by atoms with van der Waals surface area (Å²) in [5.74, 6) is -0.374. The fourth-order valence-electron chi connectivity index (χ4n) is 2.65. The van der Waals surface area contributed by atoms with Crippen LogP contribution in [0.4, 0.5) is 15.8 Å². The van der Waals surface area contributed by atoms with Gasteiger partial charge in [0, 0.05) is 5.69 Å². The molecule has 0 radical (unpaired) electrons. The van der Waals surface area contributed by atoms with Crippen molar-refractivity contribution in [2.45, 2.75) is 19.4 Å². The summed E-state index contributed by atoms with van der Waals surface area (Å²) in [6.07, 6.45) is 0.0303. The van der Waals surface area contributed by atoms with Gasteiger partial charge in [-0.3, -0.25) is 9.59 Å². The Morgan fingerprint density at radius 3 is 2.62 bits per heavy atom. The molecule has 0 bridgehead atoms. The van der Waals surface area contributed by atoms with Crippen LogP contribution in [0.2, 0.25) is 0 Å². The number of imide groups is 1. The average Bonchev–Trinajstić information content (AvgIpc) is 2.83. The normalized spacial score (nSPS) is 17.2. The fourth-order valence-corrected chi connectivity index (χ4v) is 2.65. The van der Waals surface area contributed by atoms with Gasteiger partial charge in [0.05, 0.1) is 18.7 Å². The van der Waals surface area contributed by atoms with E-state index in [1.165, 1.54) is 12.1 Å². The molecule has 0 spiro atoms. The number of carbonyl (C=O) groups excluding carboxylic acids is 2. The predicted octanol–water partition coefficient (Wildman–Crippen LogP) is 2.97. The molecule has 1 saturated heterocycles. The van der Waals surface area contributed by atoms with E-state index in [-0.39, 0.29) is 18.2 Å². The molecule has 0 aromatic heterocycles. The summed E-state index contributed by atoms with van der Waals surface area (Å²) in [6, 6.07) is 11.9. The smallest absolute Gasteiger partial charge is 0.256 e. The quantitative estimate of drug-likeness (QED) is 0.857. The van der Waals surface area contributed by atoms with Gasteiger partial charge in [-0.15, -0.1) is 0 Å². The van der Waals surface area contributed by atoms with Gasteiger partial charge in [-0.25, -0.2) is 9.29 Å². The van der Waals surface area contributed by atoms with Gasteiger partial charge >= 0.3 is 0 Å². The first-order valence-corrected chi connectivity index (χ1v) is 7.70. The average molecular weight is 328 g/mol. The number of halogens is 1. The van der Waals surface area contributed by atoms with Crippen LogP contribution in [0.25, 0.3) is 0 Å². The number of hydrogen-bond acceptors (Lipinski definition) is 4. The molecule has 24 heavy (non-hydrogen) atoms. The number of nitrogens with zero attached hydrogens (tertiary/aromatic N) is 1. The number of ether oxygens (including phenoxy) is 1. The Morgan fingerprint density at radius 1 is 1.21 bits per heavy atom. The van der Waals surface area contributed by atoms with E-state index < -0.39 is 11.9 Å². The maximum absolute atomic E-state index is 13.2. The van der Waals surface area contributed by atoms with E-state index in [0.717, 1.165) is 4.90 Å². The lowest BCUT2D eigenvalue weighted by Crippen LogP contribution is -2.34. The minimum atomic E-state index is -0.703. The Bertz CT molecular complexity index is 761. The predicted molar refractivity (Wildman–Crippen MR) is 88.5 cm³/mol. The largest absolute Gasteiger partial charge is 0.494 e. The topological polar surface area (TPSA) is 58.6 Å². The molecule has 2 amide bonds. The number of rotatable bonds is 5. The first-order chi connectivity index (χ1) is 11.6. The van der Waals surface area contributed by atoms with E-state index in [0.29, 0.717) is 23.7 Å². The molecule has 2 aromatic carbocycles. The number of amides is 2. The van der Waals surface area contributed by atoms with Crippen LogP contribution in [-0.2, 0) is 9.59 Å². The Hall–Kier alpha value is -2.89. The SMILES string of the molecule is CCOc1ccc(N2C(=O)C[C@H](Nc3cccc(F)c3)C2=O)cc1. The molecule has 0 aliphatic carbocycles. The lowest BCUT2D eigenvalue weighted by Gasteiger charge is -2.16. The van der Waals surface area contributed by atoms with Gasteiger partial charge in [0.1, 0.15) is 17.6 Å². The number of anilines is 2. The summed E-state index contributed by atoms with van der Waals surface area (Å²) >= 11 is 0. The maximum atomic E-state index is 13.2. The minimum absolute atomic E-state index is 0.0303. The molecule has 5 nitrogen and oxygen atoms in total. The van der Waals surface area contributed by atoms with E-state index in [2.05, 4.69) is 5.32 Å². The number of carbonyl (C=O) groups is 2. The molecule has 1 N–H and O–H groups in total. The zero-order chi connectivity index (χ0) is 17.1. The molecular formula is C18H17FN2O3. The second-order valence-corrected chi connectivity index (χ2v) is 5.41. The lowest BCUT2D eigenvalue weighted by atomic mass is 10.2. The second kappa shape index (κ2) is 6.70. The number of hydrogen-bond donors (Lipinski definition) is 1.